The van der Waals surface area contributed by atoms with Crippen LogP contribution in [-0.4, -0.2) is 42.0 Å². The standard InChI is InChI=1S/C20H26BrN5/c1-22-20(24-14-19-4-2-3-11-23-19)25-18-9-12-26(13-10-18)15-16-5-7-17(21)8-6-16/h2-8,11,18H,9-10,12-15H2,1H3,(H2,22,24,25). The van der Waals surface area contributed by atoms with Crippen molar-refractivity contribution in [1.29, 1.82) is 0 Å². The number of piperidine rings is 1. The third-order valence-electron chi connectivity index (χ3n) is 4.63. The van der Waals surface area contributed by atoms with E-state index in [0.29, 0.717) is 12.6 Å². The zero-order valence-electron chi connectivity index (χ0n) is 15.2. The summed E-state index contributed by atoms with van der Waals surface area (Å²) in [5.74, 6) is 0.849. The molecule has 1 aromatic carbocycles. The molecule has 6 heteroatoms. The van der Waals surface area contributed by atoms with Gasteiger partial charge in [-0.1, -0.05) is 34.1 Å². The summed E-state index contributed by atoms with van der Waals surface area (Å²) in [6, 6.07) is 15.0. The van der Waals surface area contributed by atoms with Crippen molar-refractivity contribution in [3.63, 3.8) is 0 Å². The number of aromatic nitrogens is 1. The Bertz CT molecular complexity index is 694. The zero-order chi connectivity index (χ0) is 18.2. The van der Waals surface area contributed by atoms with Crippen LogP contribution in [-0.2, 0) is 13.1 Å². The molecule has 3 rings (SSSR count). The average Bonchev–Trinajstić information content (AvgIpc) is 2.69. The number of guanidine groups is 1. The molecule has 2 heterocycles. The minimum atomic E-state index is 0.464. The smallest absolute Gasteiger partial charge is 0.191 e. The fourth-order valence-electron chi connectivity index (χ4n) is 3.15. The molecule has 138 valence electrons. The van der Waals surface area contributed by atoms with E-state index >= 15 is 0 Å². The van der Waals surface area contributed by atoms with Crippen molar-refractivity contribution in [3.05, 3.63) is 64.4 Å². The monoisotopic (exact) mass is 415 g/mol. The molecule has 2 aromatic rings. The molecule has 1 aromatic heterocycles. The molecule has 0 unspecified atom stereocenters. The summed E-state index contributed by atoms with van der Waals surface area (Å²) >= 11 is 3.49. The second kappa shape index (κ2) is 9.69. The summed E-state index contributed by atoms with van der Waals surface area (Å²) < 4.78 is 1.13. The molecule has 1 aliphatic rings. The van der Waals surface area contributed by atoms with Gasteiger partial charge in [-0.05, 0) is 42.7 Å². The third-order valence-corrected chi connectivity index (χ3v) is 5.16. The van der Waals surface area contributed by atoms with Crippen molar-refractivity contribution in [3.8, 4) is 0 Å². The number of hydrogen-bond acceptors (Lipinski definition) is 3. The van der Waals surface area contributed by atoms with Gasteiger partial charge in [0.2, 0.25) is 0 Å². The van der Waals surface area contributed by atoms with Crippen molar-refractivity contribution in [2.75, 3.05) is 20.1 Å². The summed E-state index contributed by atoms with van der Waals surface area (Å²) in [7, 11) is 1.82. The van der Waals surface area contributed by atoms with Gasteiger partial charge in [-0.3, -0.25) is 14.9 Å². The van der Waals surface area contributed by atoms with Gasteiger partial charge < -0.3 is 10.6 Å². The number of aliphatic imine (C=N–C) groups is 1. The maximum absolute atomic E-state index is 4.34. The molecule has 26 heavy (non-hydrogen) atoms. The van der Waals surface area contributed by atoms with Crippen LogP contribution in [0.25, 0.3) is 0 Å². The third kappa shape index (κ3) is 5.81. The molecule has 0 saturated carbocycles. The summed E-state index contributed by atoms with van der Waals surface area (Å²) in [4.78, 5) is 11.2. The molecule has 0 aliphatic carbocycles. The van der Waals surface area contributed by atoms with Gasteiger partial charge in [0.25, 0.3) is 0 Å². The Morgan fingerprint density at radius 1 is 1.19 bits per heavy atom. The fourth-order valence-corrected chi connectivity index (χ4v) is 3.41. The molecule has 0 radical (unpaired) electrons. The van der Waals surface area contributed by atoms with E-state index in [9.17, 15) is 0 Å². The van der Waals surface area contributed by atoms with E-state index in [1.807, 2.05) is 31.4 Å². The summed E-state index contributed by atoms with van der Waals surface area (Å²) in [5.41, 5.74) is 2.38. The molecule has 2 N–H and O–H groups in total. The predicted molar refractivity (Wildman–Crippen MR) is 110 cm³/mol. The lowest BCUT2D eigenvalue weighted by molar-refractivity contribution is 0.198. The molecule has 5 nitrogen and oxygen atoms in total. The van der Waals surface area contributed by atoms with E-state index in [1.165, 1.54) is 5.56 Å². The largest absolute Gasteiger partial charge is 0.354 e. The minimum Gasteiger partial charge on any atom is -0.354 e. The number of hydrogen-bond donors (Lipinski definition) is 2. The molecule has 0 atom stereocenters. The van der Waals surface area contributed by atoms with Crippen LogP contribution in [0.2, 0.25) is 0 Å². The number of nitrogens with one attached hydrogen (secondary N) is 2. The SMILES string of the molecule is CN=C(NCc1ccccn1)NC1CCN(Cc2ccc(Br)cc2)CC1. The maximum atomic E-state index is 4.34. The quantitative estimate of drug-likeness (QED) is 0.581. The number of rotatable bonds is 5. The van der Waals surface area contributed by atoms with E-state index in [2.05, 4.69) is 65.7 Å². The van der Waals surface area contributed by atoms with Crippen LogP contribution in [0.5, 0.6) is 0 Å². The Balaban J connectivity index is 1.41. The van der Waals surface area contributed by atoms with E-state index < -0.39 is 0 Å². The number of nitrogens with zero attached hydrogens (tertiary/aromatic N) is 3. The van der Waals surface area contributed by atoms with Crippen molar-refractivity contribution >= 4 is 21.9 Å². The van der Waals surface area contributed by atoms with E-state index in [0.717, 1.165) is 48.6 Å². The van der Waals surface area contributed by atoms with Crippen LogP contribution >= 0.6 is 15.9 Å². The lowest BCUT2D eigenvalue weighted by Gasteiger charge is -2.33. The summed E-state index contributed by atoms with van der Waals surface area (Å²) in [6.45, 7) is 3.91. The van der Waals surface area contributed by atoms with Gasteiger partial charge >= 0.3 is 0 Å². The Kier molecular flexibility index (Phi) is 7.03. The first-order valence-electron chi connectivity index (χ1n) is 9.07. The van der Waals surface area contributed by atoms with Crippen molar-refractivity contribution < 1.29 is 0 Å². The highest BCUT2D eigenvalue weighted by atomic mass is 79.9. The van der Waals surface area contributed by atoms with Crippen LogP contribution in [0.15, 0.2) is 58.1 Å². The topological polar surface area (TPSA) is 52.6 Å². The van der Waals surface area contributed by atoms with Crippen LogP contribution in [0.1, 0.15) is 24.1 Å². The van der Waals surface area contributed by atoms with E-state index in [1.54, 1.807) is 0 Å². The number of pyridine rings is 1. The lowest BCUT2D eigenvalue weighted by atomic mass is 10.0. The molecular weight excluding hydrogens is 390 g/mol. The fraction of sp³-hybridized carbons (Fsp3) is 0.400. The van der Waals surface area contributed by atoms with Crippen molar-refractivity contribution in [1.82, 2.24) is 20.5 Å². The average molecular weight is 416 g/mol. The van der Waals surface area contributed by atoms with Crippen molar-refractivity contribution in [2.45, 2.75) is 32.0 Å². The number of halogens is 1. The summed E-state index contributed by atoms with van der Waals surface area (Å²) in [5, 5.41) is 6.89. The second-order valence-electron chi connectivity index (χ2n) is 6.57. The first-order chi connectivity index (χ1) is 12.7. The first-order valence-corrected chi connectivity index (χ1v) is 9.86. The van der Waals surface area contributed by atoms with Crippen LogP contribution in [0, 0.1) is 0 Å². The molecule has 0 spiro atoms. The van der Waals surface area contributed by atoms with Crippen LogP contribution < -0.4 is 10.6 Å². The Labute approximate surface area is 164 Å². The van der Waals surface area contributed by atoms with Gasteiger partial charge in [0.05, 0.1) is 12.2 Å². The number of benzene rings is 1. The zero-order valence-corrected chi connectivity index (χ0v) is 16.7. The highest BCUT2D eigenvalue weighted by Gasteiger charge is 2.20. The van der Waals surface area contributed by atoms with Crippen LogP contribution in [0.4, 0.5) is 0 Å². The maximum Gasteiger partial charge on any atom is 0.191 e. The van der Waals surface area contributed by atoms with E-state index in [4.69, 9.17) is 0 Å². The first kappa shape index (κ1) is 18.9. The molecule has 0 bridgehead atoms. The molecular formula is C20H26BrN5. The van der Waals surface area contributed by atoms with Crippen molar-refractivity contribution in [2.24, 2.45) is 4.99 Å². The summed E-state index contributed by atoms with van der Waals surface area (Å²) in [6.07, 6.45) is 4.07. The van der Waals surface area contributed by atoms with Gasteiger partial charge in [-0.25, -0.2) is 0 Å². The highest BCUT2D eigenvalue weighted by molar-refractivity contribution is 9.10. The van der Waals surface area contributed by atoms with Gasteiger partial charge in [-0.2, -0.15) is 0 Å². The minimum absolute atomic E-state index is 0.464. The highest BCUT2D eigenvalue weighted by Crippen LogP contribution is 2.16. The predicted octanol–water partition coefficient (Wildman–Crippen LogP) is 3.17. The molecule has 1 fully saturated rings. The lowest BCUT2D eigenvalue weighted by Crippen LogP contribution is -2.48. The Morgan fingerprint density at radius 3 is 2.62 bits per heavy atom. The Morgan fingerprint density at radius 2 is 1.96 bits per heavy atom. The normalized spacial score (nSPS) is 16.5. The van der Waals surface area contributed by atoms with Gasteiger partial charge in [0.15, 0.2) is 5.96 Å². The molecule has 1 saturated heterocycles. The van der Waals surface area contributed by atoms with Gasteiger partial charge in [0.1, 0.15) is 0 Å². The molecule has 1 aliphatic heterocycles. The molecule has 0 amide bonds. The number of likely N-dealkylation sites (tertiary alicyclic amines) is 1. The van der Waals surface area contributed by atoms with Gasteiger partial charge in [0, 0.05) is 43.4 Å². The Hall–Kier alpha value is -1.92. The van der Waals surface area contributed by atoms with E-state index in [-0.39, 0.29) is 0 Å². The van der Waals surface area contributed by atoms with Crippen LogP contribution in [0.3, 0.4) is 0 Å². The second-order valence-corrected chi connectivity index (χ2v) is 7.48. The van der Waals surface area contributed by atoms with Gasteiger partial charge in [-0.15, -0.1) is 0 Å².